The molecule has 2 aromatic rings. The molecule has 0 aliphatic rings. The summed E-state index contributed by atoms with van der Waals surface area (Å²) >= 11 is 0. The third-order valence-electron chi connectivity index (χ3n) is 3.85. The van der Waals surface area contributed by atoms with E-state index in [0.29, 0.717) is 29.2 Å². The summed E-state index contributed by atoms with van der Waals surface area (Å²) in [6.45, 7) is 0.419. The fourth-order valence-electron chi connectivity index (χ4n) is 2.43. The van der Waals surface area contributed by atoms with Crippen LogP contribution in [0.25, 0.3) is 0 Å². The number of carbonyl (C=O) groups excluding carboxylic acids is 2. The summed E-state index contributed by atoms with van der Waals surface area (Å²) in [5, 5.41) is 2.58. The Kier molecular flexibility index (Phi) is 6.00. The SMILES string of the molecule is CNC(=O)c1ccc(CN(C)C(=O)c2ccc(OC)cc2OC)cc1. The van der Waals surface area contributed by atoms with E-state index in [-0.39, 0.29) is 11.8 Å². The molecule has 0 aliphatic heterocycles. The highest BCUT2D eigenvalue weighted by molar-refractivity contribution is 5.97. The quantitative estimate of drug-likeness (QED) is 0.875. The first-order valence-electron chi connectivity index (χ1n) is 7.78. The molecule has 2 aromatic carbocycles. The van der Waals surface area contributed by atoms with E-state index in [0.717, 1.165) is 5.56 Å². The van der Waals surface area contributed by atoms with Crippen molar-refractivity contribution in [3.05, 3.63) is 59.2 Å². The number of nitrogens with one attached hydrogen (secondary N) is 1. The molecule has 132 valence electrons. The molecule has 0 atom stereocenters. The second-order valence-corrected chi connectivity index (χ2v) is 5.50. The van der Waals surface area contributed by atoms with Crippen LogP contribution >= 0.6 is 0 Å². The first-order valence-corrected chi connectivity index (χ1v) is 7.78. The standard InChI is InChI=1S/C19H22N2O4/c1-20-18(22)14-7-5-13(6-8-14)12-21(2)19(23)16-10-9-15(24-3)11-17(16)25-4/h5-11H,12H2,1-4H3,(H,20,22). The van der Waals surface area contributed by atoms with Gasteiger partial charge in [0.25, 0.3) is 11.8 Å². The molecule has 1 N–H and O–H groups in total. The Morgan fingerprint density at radius 2 is 1.72 bits per heavy atom. The minimum Gasteiger partial charge on any atom is -0.497 e. The lowest BCUT2D eigenvalue weighted by atomic mass is 10.1. The van der Waals surface area contributed by atoms with Crippen molar-refractivity contribution in [2.45, 2.75) is 6.54 Å². The van der Waals surface area contributed by atoms with E-state index >= 15 is 0 Å². The van der Waals surface area contributed by atoms with Gasteiger partial charge in [-0.2, -0.15) is 0 Å². The molecule has 6 nitrogen and oxygen atoms in total. The summed E-state index contributed by atoms with van der Waals surface area (Å²) in [5.41, 5.74) is 1.97. The van der Waals surface area contributed by atoms with Crippen LogP contribution in [-0.4, -0.2) is 45.0 Å². The first-order chi connectivity index (χ1) is 12.0. The van der Waals surface area contributed by atoms with Gasteiger partial charge < -0.3 is 19.7 Å². The third kappa shape index (κ3) is 4.29. The maximum absolute atomic E-state index is 12.7. The van der Waals surface area contributed by atoms with E-state index in [9.17, 15) is 9.59 Å². The van der Waals surface area contributed by atoms with Crippen LogP contribution < -0.4 is 14.8 Å². The maximum Gasteiger partial charge on any atom is 0.257 e. The van der Waals surface area contributed by atoms with Crippen molar-refractivity contribution in [3.63, 3.8) is 0 Å². The van der Waals surface area contributed by atoms with Crippen LogP contribution in [0.3, 0.4) is 0 Å². The molecule has 0 bridgehead atoms. The normalized spacial score (nSPS) is 10.1. The number of amides is 2. The molecular weight excluding hydrogens is 320 g/mol. The average molecular weight is 342 g/mol. The van der Waals surface area contributed by atoms with Gasteiger partial charge in [0, 0.05) is 32.3 Å². The van der Waals surface area contributed by atoms with E-state index in [2.05, 4.69) is 5.32 Å². The lowest BCUT2D eigenvalue weighted by molar-refractivity contribution is 0.0781. The van der Waals surface area contributed by atoms with Crippen LogP contribution in [-0.2, 0) is 6.54 Å². The Morgan fingerprint density at radius 1 is 1.04 bits per heavy atom. The van der Waals surface area contributed by atoms with Crippen molar-refractivity contribution in [2.24, 2.45) is 0 Å². The number of rotatable bonds is 6. The highest BCUT2D eigenvalue weighted by atomic mass is 16.5. The third-order valence-corrected chi connectivity index (χ3v) is 3.85. The molecule has 0 saturated heterocycles. The van der Waals surface area contributed by atoms with Crippen LogP contribution in [0.2, 0.25) is 0 Å². The van der Waals surface area contributed by atoms with E-state index < -0.39 is 0 Å². The molecule has 0 aromatic heterocycles. The van der Waals surface area contributed by atoms with E-state index in [1.54, 1.807) is 56.4 Å². The van der Waals surface area contributed by atoms with Crippen molar-refractivity contribution in [1.82, 2.24) is 10.2 Å². The molecular formula is C19H22N2O4. The molecule has 0 heterocycles. The summed E-state index contributed by atoms with van der Waals surface area (Å²) in [5.74, 6) is 0.792. The Balaban J connectivity index is 2.14. The van der Waals surface area contributed by atoms with Crippen molar-refractivity contribution in [2.75, 3.05) is 28.3 Å². The molecule has 0 aliphatic carbocycles. The zero-order chi connectivity index (χ0) is 18.4. The van der Waals surface area contributed by atoms with Gasteiger partial charge in [-0.05, 0) is 29.8 Å². The zero-order valence-corrected chi connectivity index (χ0v) is 14.8. The second-order valence-electron chi connectivity index (χ2n) is 5.50. The Morgan fingerprint density at radius 3 is 2.28 bits per heavy atom. The monoisotopic (exact) mass is 342 g/mol. The van der Waals surface area contributed by atoms with E-state index in [4.69, 9.17) is 9.47 Å². The Hall–Kier alpha value is -3.02. The molecule has 0 spiro atoms. The van der Waals surface area contributed by atoms with Gasteiger partial charge in [-0.15, -0.1) is 0 Å². The Labute approximate surface area is 147 Å². The highest BCUT2D eigenvalue weighted by Gasteiger charge is 2.17. The second kappa shape index (κ2) is 8.19. The fraction of sp³-hybridized carbons (Fsp3) is 0.263. The first kappa shape index (κ1) is 18.3. The number of benzene rings is 2. The molecule has 0 radical (unpaired) electrons. The lowest BCUT2D eigenvalue weighted by Gasteiger charge is -2.19. The molecule has 25 heavy (non-hydrogen) atoms. The number of ether oxygens (including phenoxy) is 2. The van der Waals surface area contributed by atoms with Crippen LogP contribution in [0.4, 0.5) is 0 Å². The van der Waals surface area contributed by atoms with Crippen molar-refractivity contribution >= 4 is 11.8 Å². The smallest absolute Gasteiger partial charge is 0.257 e. The largest absolute Gasteiger partial charge is 0.497 e. The molecule has 2 rings (SSSR count). The number of methoxy groups -OCH3 is 2. The van der Waals surface area contributed by atoms with Crippen molar-refractivity contribution < 1.29 is 19.1 Å². The van der Waals surface area contributed by atoms with Gasteiger partial charge in [-0.3, -0.25) is 9.59 Å². The lowest BCUT2D eigenvalue weighted by Crippen LogP contribution is -2.26. The van der Waals surface area contributed by atoms with Crippen molar-refractivity contribution in [3.8, 4) is 11.5 Å². The molecule has 6 heteroatoms. The molecule has 0 fully saturated rings. The predicted octanol–water partition coefficient (Wildman–Crippen LogP) is 2.34. The summed E-state index contributed by atoms with van der Waals surface area (Å²) in [6.07, 6.45) is 0. The van der Waals surface area contributed by atoms with E-state index in [1.165, 1.54) is 7.11 Å². The number of hydrogen-bond acceptors (Lipinski definition) is 4. The van der Waals surface area contributed by atoms with Crippen LogP contribution in [0.1, 0.15) is 26.3 Å². The van der Waals surface area contributed by atoms with Crippen LogP contribution in [0.15, 0.2) is 42.5 Å². The number of nitrogens with zero attached hydrogens (tertiary/aromatic N) is 1. The summed E-state index contributed by atoms with van der Waals surface area (Å²) in [4.78, 5) is 25.9. The van der Waals surface area contributed by atoms with Crippen LogP contribution in [0, 0.1) is 0 Å². The predicted molar refractivity (Wildman–Crippen MR) is 95.2 cm³/mol. The number of carbonyl (C=O) groups is 2. The number of hydrogen-bond donors (Lipinski definition) is 1. The molecule has 0 saturated carbocycles. The maximum atomic E-state index is 12.7. The highest BCUT2D eigenvalue weighted by Crippen LogP contribution is 2.25. The molecule has 2 amide bonds. The van der Waals surface area contributed by atoms with Crippen molar-refractivity contribution in [1.29, 1.82) is 0 Å². The average Bonchev–Trinajstić information content (AvgIpc) is 2.66. The van der Waals surface area contributed by atoms with Gasteiger partial charge in [-0.25, -0.2) is 0 Å². The Bertz CT molecular complexity index is 757. The minimum atomic E-state index is -0.158. The van der Waals surface area contributed by atoms with Gasteiger partial charge in [-0.1, -0.05) is 12.1 Å². The fourth-order valence-corrected chi connectivity index (χ4v) is 2.43. The minimum absolute atomic E-state index is 0.140. The zero-order valence-electron chi connectivity index (χ0n) is 14.8. The van der Waals surface area contributed by atoms with Gasteiger partial charge in [0.15, 0.2) is 0 Å². The van der Waals surface area contributed by atoms with Gasteiger partial charge >= 0.3 is 0 Å². The summed E-state index contributed by atoms with van der Waals surface area (Å²) < 4.78 is 10.4. The summed E-state index contributed by atoms with van der Waals surface area (Å²) in [7, 11) is 6.39. The van der Waals surface area contributed by atoms with Gasteiger partial charge in [0.2, 0.25) is 0 Å². The molecule has 0 unspecified atom stereocenters. The van der Waals surface area contributed by atoms with Crippen LogP contribution in [0.5, 0.6) is 11.5 Å². The van der Waals surface area contributed by atoms with E-state index in [1.807, 2.05) is 12.1 Å². The van der Waals surface area contributed by atoms with Gasteiger partial charge in [0.05, 0.1) is 19.8 Å². The van der Waals surface area contributed by atoms with Gasteiger partial charge in [0.1, 0.15) is 11.5 Å². The summed E-state index contributed by atoms with van der Waals surface area (Å²) in [6, 6.07) is 12.2. The topological polar surface area (TPSA) is 67.9 Å².